The van der Waals surface area contributed by atoms with Gasteiger partial charge in [0, 0.05) is 38.5 Å². The van der Waals surface area contributed by atoms with E-state index in [1.165, 1.54) is 6.20 Å². The first-order chi connectivity index (χ1) is 18.9. The first-order valence-corrected chi connectivity index (χ1v) is 13.6. The molecule has 4 rings (SSSR count). The number of nitrogens with zero attached hydrogens (tertiary/aromatic N) is 5. The Kier molecular flexibility index (Phi) is 8.82. The maximum absolute atomic E-state index is 12.7. The summed E-state index contributed by atoms with van der Waals surface area (Å²) in [6.07, 6.45) is 2.52. The van der Waals surface area contributed by atoms with E-state index in [1.54, 1.807) is 11.0 Å². The van der Waals surface area contributed by atoms with Gasteiger partial charge >= 0.3 is 12.1 Å². The molecule has 1 fully saturated rings. The van der Waals surface area contributed by atoms with Crippen molar-refractivity contribution in [2.45, 2.75) is 53.1 Å². The number of piperazine rings is 1. The number of hydrogen-bond acceptors (Lipinski definition) is 8. The molecule has 1 atom stereocenters. The van der Waals surface area contributed by atoms with Crippen LogP contribution in [-0.4, -0.2) is 70.2 Å². The van der Waals surface area contributed by atoms with E-state index in [4.69, 9.17) is 25.7 Å². The number of benzene rings is 1. The molecule has 0 aliphatic carbocycles. The Labute approximate surface area is 239 Å². The molecule has 1 aromatic heterocycles. The Bertz CT molecular complexity index is 1320. The highest BCUT2D eigenvalue weighted by Gasteiger charge is 2.28. The van der Waals surface area contributed by atoms with E-state index < -0.39 is 11.5 Å². The predicted molar refractivity (Wildman–Crippen MR) is 155 cm³/mol. The average Bonchev–Trinajstić information content (AvgIpc) is 3.35. The number of hydrogen-bond donors (Lipinski definition) is 2. The lowest BCUT2D eigenvalue weighted by atomic mass is 10.0. The summed E-state index contributed by atoms with van der Waals surface area (Å²) in [5.41, 5.74) is 0.826. The van der Waals surface area contributed by atoms with Crippen LogP contribution in [-0.2, 0) is 4.74 Å². The van der Waals surface area contributed by atoms with Gasteiger partial charge in [-0.2, -0.15) is 9.98 Å². The third-order valence-electron chi connectivity index (χ3n) is 6.49. The Morgan fingerprint density at radius 1 is 1.25 bits per heavy atom. The van der Waals surface area contributed by atoms with E-state index in [2.05, 4.69) is 32.1 Å². The fourth-order valence-corrected chi connectivity index (χ4v) is 4.59. The van der Waals surface area contributed by atoms with Gasteiger partial charge in [-0.1, -0.05) is 37.2 Å². The molecule has 1 saturated heterocycles. The molecule has 2 amide bonds. The summed E-state index contributed by atoms with van der Waals surface area (Å²) in [4.78, 5) is 42.4. The number of rotatable bonds is 3. The normalized spacial score (nSPS) is 19.4. The summed E-state index contributed by atoms with van der Waals surface area (Å²) < 4.78 is 11.1. The lowest BCUT2D eigenvalue weighted by Crippen LogP contribution is -2.52. The van der Waals surface area contributed by atoms with E-state index in [-0.39, 0.29) is 23.8 Å². The van der Waals surface area contributed by atoms with E-state index >= 15 is 0 Å². The Morgan fingerprint density at radius 3 is 2.65 bits per heavy atom. The van der Waals surface area contributed by atoms with Crippen molar-refractivity contribution in [3.8, 4) is 0 Å². The molecule has 0 spiro atoms. The zero-order valence-corrected chi connectivity index (χ0v) is 24.3. The lowest BCUT2D eigenvalue weighted by molar-refractivity contribution is 0.0186. The number of ether oxygens (including phenoxy) is 1. The van der Waals surface area contributed by atoms with E-state index in [9.17, 15) is 9.59 Å². The number of aryl methyl sites for hydroxylation is 1. The smallest absolute Gasteiger partial charge is 0.410 e. The first-order valence-electron chi connectivity index (χ1n) is 13.3. The van der Waals surface area contributed by atoms with Gasteiger partial charge in [0.2, 0.25) is 5.76 Å². The van der Waals surface area contributed by atoms with Gasteiger partial charge in [-0.3, -0.25) is 4.79 Å². The average molecular weight is 570 g/mol. The fourth-order valence-electron chi connectivity index (χ4n) is 4.32. The first kappa shape index (κ1) is 29.1. The number of oxazole rings is 1. The molecule has 2 aliphatic rings. The van der Waals surface area contributed by atoms with Crippen molar-refractivity contribution >= 4 is 47.0 Å². The number of carbonyl (C=O) groups excluding carboxylic acids is 2. The molecule has 0 saturated carbocycles. The molecule has 0 bridgehead atoms. The van der Waals surface area contributed by atoms with Crippen molar-refractivity contribution in [2.24, 2.45) is 15.9 Å². The molecule has 3 heterocycles. The molecule has 12 heteroatoms. The summed E-state index contributed by atoms with van der Waals surface area (Å²) in [6, 6.07) is 5.42. The van der Waals surface area contributed by atoms with Crippen LogP contribution in [0, 0.1) is 12.8 Å². The highest BCUT2D eigenvalue weighted by Crippen LogP contribution is 2.26. The topological polar surface area (TPSA) is 125 Å². The van der Waals surface area contributed by atoms with Crippen LogP contribution in [0.25, 0.3) is 0 Å². The van der Waals surface area contributed by atoms with Gasteiger partial charge in [0.25, 0.3) is 5.91 Å². The third kappa shape index (κ3) is 7.41. The van der Waals surface area contributed by atoms with Gasteiger partial charge in [-0.05, 0) is 45.7 Å². The lowest BCUT2D eigenvalue weighted by Gasteiger charge is -2.37. The minimum Gasteiger partial charge on any atom is -0.444 e. The molecule has 2 aromatic rings. The summed E-state index contributed by atoms with van der Waals surface area (Å²) in [5.74, 6) is 1.50. The van der Waals surface area contributed by atoms with Gasteiger partial charge in [0.1, 0.15) is 23.1 Å². The standard InChI is InChI=1S/C28H36ClN7O4/c1-17-8-7-9-20(29)23(17)33-25(37)21-16-30-26(39-21)34-24-18(2)10-11-22(31-19(3)32-24)35-12-14-36(15-13-35)27(38)40-28(4,5)6/h7-9,16,18H,3,10-15H2,1-2,4-6H3,(H,33,37)(H,30,32,34). The van der Waals surface area contributed by atoms with Crippen molar-refractivity contribution < 1.29 is 18.7 Å². The van der Waals surface area contributed by atoms with Gasteiger partial charge in [-0.15, -0.1) is 0 Å². The molecule has 2 N–H and O–H groups in total. The third-order valence-corrected chi connectivity index (χ3v) is 6.81. The maximum atomic E-state index is 12.7. The zero-order chi connectivity index (χ0) is 29.0. The number of amides is 2. The van der Waals surface area contributed by atoms with E-state index in [0.717, 1.165) is 17.8 Å². The van der Waals surface area contributed by atoms with Crippen LogP contribution in [0.5, 0.6) is 0 Å². The minimum absolute atomic E-state index is 0.0141. The fraction of sp³-hybridized carbons (Fsp3) is 0.464. The second-order valence-corrected chi connectivity index (χ2v) is 11.3. The van der Waals surface area contributed by atoms with Crippen LogP contribution >= 0.6 is 11.6 Å². The maximum Gasteiger partial charge on any atom is 0.410 e. The summed E-state index contributed by atoms with van der Waals surface area (Å²) in [7, 11) is 0. The quantitative estimate of drug-likeness (QED) is 0.509. The van der Waals surface area contributed by atoms with Crippen LogP contribution < -0.4 is 10.6 Å². The number of carbonyl (C=O) groups is 2. The number of nitrogens with one attached hydrogen (secondary N) is 2. The summed E-state index contributed by atoms with van der Waals surface area (Å²) in [5, 5.41) is 6.37. The molecule has 2 aliphatic heterocycles. The number of para-hydroxylation sites is 1. The molecular weight excluding hydrogens is 534 g/mol. The van der Waals surface area contributed by atoms with Gasteiger partial charge in [0.15, 0.2) is 0 Å². The highest BCUT2D eigenvalue weighted by atomic mass is 35.5. The van der Waals surface area contributed by atoms with E-state index in [1.807, 2.05) is 46.8 Å². The number of halogens is 1. The molecule has 11 nitrogen and oxygen atoms in total. The Balaban J connectivity index is 1.39. The monoisotopic (exact) mass is 569 g/mol. The largest absolute Gasteiger partial charge is 0.444 e. The summed E-state index contributed by atoms with van der Waals surface area (Å²) >= 11 is 6.22. The molecule has 1 aromatic carbocycles. The van der Waals surface area contributed by atoms with Crippen LogP contribution in [0.3, 0.4) is 0 Å². The van der Waals surface area contributed by atoms with Crippen LogP contribution in [0.15, 0.2) is 51.2 Å². The van der Waals surface area contributed by atoms with Crippen molar-refractivity contribution in [3.63, 3.8) is 0 Å². The minimum atomic E-state index is -0.522. The number of amidine groups is 2. The van der Waals surface area contributed by atoms with Crippen LogP contribution in [0.4, 0.5) is 16.5 Å². The van der Waals surface area contributed by atoms with Crippen LogP contribution in [0.1, 0.15) is 56.7 Å². The van der Waals surface area contributed by atoms with Crippen molar-refractivity contribution in [3.05, 3.63) is 53.1 Å². The van der Waals surface area contributed by atoms with Gasteiger partial charge in [0.05, 0.1) is 16.9 Å². The SMILES string of the molecule is C=C1N=C(N2CCN(C(=O)OC(C)(C)C)CC2)CCC(C)C(=Nc2ncc(C(=O)Nc3c(C)cccc3Cl)o2)N1. The predicted octanol–water partition coefficient (Wildman–Crippen LogP) is 5.36. The molecular formula is C28H36ClN7O4. The molecule has 0 radical (unpaired) electrons. The summed E-state index contributed by atoms with van der Waals surface area (Å²) in [6.45, 7) is 16.0. The molecule has 214 valence electrons. The highest BCUT2D eigenvalue weighted by molar-refractivity contribution is 6.34. The van der Waals surface area contributed by atoms with Gasteiger partial charge < -0.3 is 29.6 Å². The second-order valence-electron chi connectivity index (χ2n) is 10.9. The number of aliphatic imine (C=N–C) groups is 2. The van der Waals surface area contributed by atoms with Gasteiger partial charge in [-0.25, -0.2) is 9.79 Å². The molecule has 1 unspecified atom stereocenters. The zero-order valence-electron chi connectivity index (χ0n) is 23.6. The van der Waals surface area contributed by atoms with Crippen molar-refractivity contribution in [1.82, 2.24) is 20.1 Å². The second kappa shape index (κ2) is 12.1. The number of anilines is 1. The van der Waals surface area contributed by atoms with E-state index in [0.29, 0.717) is 55.0 Å². The Morgan fingerprint density at radius 2 is 1.98 bits per heavy atom. The Hall–Kier alpha value is -3.86. The van der Waals surface area contributed by atoms with Crippen LogP contribution in [0.2, 0.25) is 5.02 Å². The van der Waals surface area contributed by atoms with Crippen molar-refractivity contribution in [1.29, 1.82) is 0 Å². The van der Waals surface area contributed by atoms with Crippen molar-refractivity contribution in [2.75, 3.05) is 31.5 Å². The molecule has 40 heavy (non-hydrogen) atoms. The number of aromatic nitrogens is 1.